The minimum atomic E-state index is -1.34. The fraction of sp³-hybridized carbons (Fsp3) is 0.240. The summed E-state index contributed by atoms with van der Waals surface area (Å²) in [7, 11) is -1.34. The zero-order valence-corrected chi connectivity index (χ0v) is 21.2. The number of aromatic nitrogens is 2. The van der Waals surface area contributed by atoms with Gasteiger partial charge in [0.2, 0.25) is 0 Å². The Kier molecular flexibility index (Phi) is 7.32. The van der Waals surface area contributed by atoms with E-state index < -0.39 is 47.7 Å². The second-order valence-electron chi connectivity index (χ2n) is 9.59. The minimum Gasteiger partial charge on any atom is -0.450 e. The summed E-state index contributed by atoms with van der Waals surface area (Å²) in [6.07, 6.45) is 2.96. The normalized spacial score (nSPS) is 11.8. The number of hydrogen-bond acceptors (Lipinski definition) is 5. The molecule has 4 aromatic rings. The van der Waals surface area contributed by atoms with Gasteiger partial charge in [-0.3, -0.25) is 10.1 Å². The first kappa shape index (κ1) is 26.3. The van der Waals surface area contributed by atoms with Crippen molar-refractivity contribution in [1.29, 1.82) is 0 Å². The molecule has 2 aromatic carbocycles. The molecule has 37 heavy (non-hydrogen) atoms. The highest BCUT2D eigenvalue weighted by molar-refractivity contribution is 6.76. The molecule has 0 saturated heterocycles. The van der Waals surface area contributed by atoms with Crippen LogP contribution in [0.15, 0.2) is 48.8 Å². The Hall–Kier alpha value is -3.77. The summed E-state index contributed by atoms with van der Waals surface area (Å²) in [6.45, 7) is 7.23. The van der Waals surface area contributed by atoms with Gasteiger partial charge in [0.15, 0.2) is 29.0 Å². The third kappa shape index (κ3) is 5.80. The molecule has 0 bridgehead atoms. The van der Waals surface area contributed by atoms with Gasteiger partial charge in [-0.1, -0.05) is 25.7 Å². The molecule has 0 aliphatic rings. The number of fused-ring (bicyclic) bond motifs is 1. The number of nitro groups is 1. The highest BCUT2D eigenvalue weighted by Crippen LogP contribution is 2.40. The average Bonchev–Trinajstić information content (AvgIpc) is 3.19. The molecular weight excluding hydrogens is 510 g/mol. The number of nitrogens with zero attached hydrogens (tertiary/aromatic N) is 3. The SMILES string of the molecule is C[Si](C)(C)CCOCn1cc(-c2ccc(F)c(F)c2)c2c(Oc3c(F)cc([N+](=O)[O-])cc3F)ccnc21. The van der Waals surface area contributed by atoms with E-state index in [2.05, 4.69) is 24.6 Å². The number of rotatable bonds is 9. The molecule has 0 amide bonds. The van der Waals surface area contributed by atoms with E-state index in [-0.39, 0.29) is 23.4 Å². The predicted molar refractivity (Wildman–Crippen MR) is 132 cm³/mol. The van der Waals surface area contributed by atoms with E-state index in [1.54, 1.807) is 10.8 Å². The van der Waals surface area contributed by atoms with Crippen LogP contribution < -0.4 is 4.74 Å². The van der Waals surface area contributed by atoms with Crippen molar-refractivity contribution in [2.75, 3.05) is 6.61 Å². The van der Waals surface area contributed by atoms with Gasteiger partial charge in [0.1, 0.15) is 18.1 Å². The van der Waals surface area contributed by atoms with Gasteiger partial charge in [0.05, 0.1) is 22.4 Å². The number of non-ortho nitro benzene ring substituents is 1. The average molecular weight is 534 g/mol. The highest BCUT2D eigenvalue weighted by Gasteiger charge is 2.23. The molecular formula is C25H23F4N3O4Si. The number of hydrogen-bond donors (Lipinski definition) is 0. The molecule has 0 unspecified atom stereocenters. The van der Waals surface area contributed by atoms with Crippen molar-refractivity contribution in [1.82, 2.24) is 9.55 Å². The van der Waals surface area contributed by atoms with E-state index in [9.17, 15) is 27.7 Å². The summed E-state index contributed by atoms with van der Waals surface area (Å²) in [5, 5.41) is 11.2. The molecule has 2 heterocycles. The van der Waals surface area contributed by atoms with Gasteiger partial charge in [0.25, 0.3) is 5.69 Å². The molecule has 0 N–H and O–H groups in total. The lowest BCUT2D eigenvalue weighted by Crippen LogP contribution is -2.22. The molecule has 0 saturated carbocycles. The van der Waals surface area contributed by atoms with Crippen LogP contribution in [0.5, 0.6) is 11.5 Å². The lowest BCUT2D eigenvalue weighted by atomic mass is 10.1. The summed E-state index contributed by atoms with van der Waals surface area (Å²) < 4.78 is 69.9. The van der Waals surface area contributed by atoms with Crippen molar-refractivity contribution >= 4 is 24.8 Å². The quantitative estimate of drug-likeness (QED) is 0.0743. The van der Waals surface area contributed by atoms with E-state index in [0.29, 0.717) is 30.0 Å². The van der Waals surface area contributed by atoms with Crippen molar-refractivity contribution in [2.24, 2.45) is 0 Å². The van der Waals surface area contributed by atoms with Crippen LogP contribution >= 0.6 is 0 Å². The fourth-order valence-electron chi connectivity index (χ4n) is 3.65. The van der Waals surface area contributed by atoms with E-state index in [0.717, 1.165) is 18.2 Å². The van der Waals surface area contributed by atoms with Gasteiger partial charge in [-0.15, -0.1) is 0 Å². The fourth-order valence-corrected chi connectivity index (χ4v) is 4.41. The van der Waals surface area contributed by atoms with Crippen molar-refractivity contribution < 1.29 is 32.0 Å². The van der Waals surface area contributed by atoms with Crippen molar-refractivity contribution in [3.8, 4) is 22.6 Å². The number of pyridine rings is 1. The predicted octanol–water partition coefficient (Wildman–Crippen LogP) is 7.27. The third-order valence-electron chi connectivity index (χ3n) is 5.58. The van der Waals surface area contributed by atoms with Gasteiger partial charge in [-0.25, -0.2) is 22.5 Å². The van der Waals surface area contributed by atoms with Gasteiger partial charge < -0.3 is 14.0 Å². The van der Waals surface area contributed by atoms with Crippen LogP contribution in [-0.2, 0) is 11.5 Å². The zero-order chi connectivity index (χ0) is 26.9. The lowest BCUT2D eigenvalue weighted by molar-refractivity contribution is -0.385. The smallest absolute Gasteiger partial charge is 0.275 e. The minimum absolute atomic E-state index is 0.0442. The van der Waals surface area contributed by atoms with E-state index in [1.807, 2.05) is 0 Å². The molecule has 0 aliphatic carbocycles. The monoisotopic (exact) mass is 533 g/mol. The molecule has 0 spiro atoms. The number of halogens is 4. The summed E-state index contributed by atoms with van der Waals surface area (Å²) >= 11 is 0. The van der Waals surface area contributed by atoms with Crippen LogP contribution in [0.3, 0.4) is 0 Å². The van der Waals surface area contributed by atoms with Crippen LogP contribution in [0.4, 0.5) is 23.2 Å². The highest BCUT2D eigenvalue weighted by atomic mass is 28.3. The van der Waals surface area contributed by atoms with Crippen LogP contribution in [-0.4, -0.2) is 29.2 Å². The van der Waals surface area contributed by atoms with Gasteiger partial charge in [-0.2, -0.15) is 0 Å². The van der Waals surface area contributed by atoms with E-state index in [1.165, 1.54) is 18.3 Å². The van der Waals surface area contributed by atoms with Crippen molar-refractivity contribution in [3.63, 3.8) is 0 Å². The standard InChI is InChI=1S/C25H23F4N3O4Si/c1-37(2,3)9-8-35-14-31-13-17(15-4-5-18(26)19(27)10-15)23-22(6-7-30-25(23)31)36-24-20(28)11-16(32(33)34)12-21(24)29/h4-7,10-13H,8-9,14H2,1-3H3. The maximum atomic E-state index is 14.6. The second kappa shape index (κ2) is 10.3. The number of ether oxygens (including phenoxy) is 2. The van der Waals surface area contributed by atoms with Crippen molar-refractivity contribution in [2.45, 2.75) is 32.4 Å². The molecule has 2 aromatic heterocycles. The van der Waals surface area contributed by atoms with Crippen LogP contribution in [0.25, 0.3) is 22.2 Å². The van der Waals surface area contributed by atoms with Gasteiger partial charge in [0, 0.05) is 32.6 Å². The van der Waals surface area contributed by atoms with Crippen molar-refractivity contribution in [3.05, 3.63) is 82.2 Å². The Balaban J connectivity index is 1.80. The third-order valence-corrected chi connectivity index (χ3v) is 7.29. The van der Waals surface area contributed by atoms with Crippen LogP contribution in [0.2, 0.25) is 25.7 Å². The molecule has 0 atom stereocenters. The van der Waals surface area contributed by atoms with Crippen LogP contribution in [0, 0.1) is 33.4 Å². The van der Waals surface area contributed by atoms with Gasteiger partial charge >= 0.3 is 0 Å². The maximum absolute atomic E-state index is 14.6. The first-order valence-corrected chi connectivity index (χ1v) is 15.0. The summed E-state index contributed by atoms with van der Waals surface area (Å²) in [6, 6.07) is 6.67. The Morgan fingerprint density at radius 1 is 1.00 bits per heavy atom. The molecule has 0 radical (unpaired) electrons. The molecule has 0 fully saturated rings. The number of benzene rings is 2. The van der Waals surface area contributed by atoms with Crippen LogP contribution in [0.1, 0.15) is 0 Å². The molecule has 0 aliphatic heterocycles. The van der Waals surface area contributed by atoms with E-state index >= 15 is 0 Å². The summed E-state index contributed by atoms with van der Waals surface area (Å²) in [4.78, 5) is 14.3. The number of nitro benzene ring substituents is 1. The Morgan fingerprint density at radius 3 is 2.32 bits per heavy atom. The largest absolute Gasteiger partial charge is 0.450 e. The Bertz CT molecular complexity index is 1460. The second-order valence-corrected chi connectivity index (χ2v) is 15.2. The molecule has 12 heteroatoms. The summed E-state index contributed by atoms with van der Waals surface area (Å²) in [5.74, 6) is -5.57. The molecule has 4 rings (SSSR count). The topological polar surface area (TPSA) is 79.4 Å². The van der Waals surface area contributed by atoms with E-state index in [4.69, 9.17) is 9.47 Å². The molecule has 194 valence electrons. The maximum Gasteiger partial charge on any atom is 0.275 e. The van der Waals surface area contributed by atoms with Gasteiger partial charge in [-0.05, 0) is 29.8 Å². The molecule has 7 nitrogen and oxygen atoms in total. The Morgan fingerprint density at radius 2 is 1.70 bits per heavy atom. The lowest BCUT2D eigenvalue weighted by Gasteiger charge is -2.15. The zero-order valence-electron chi connectivity index (χ0n) is 20.2. The first-order chi connectivity index (χ1) is 17.4. The first-order valence-electron chi connectivity index (χ1n) is 11.3. The summed E-state index contributed by atoms with van der Waals surface area (Å²) in [5.41, 5.74) is 0.167. The Labute approximate surface area is 210 Å².